The van der Waals surface area contributed by atoms with Gasteiger partial charge in [-0.2, -0.15) is 0 Å². The normalized spacial score (nSPS) is 10.4. The summed E-state index contributed by atoms with van der Waals surface area (Å²) >= 11 is 9.25. The van der Waals surface area contributed by atoms with E-state index >= 15 is 0 Å². The van der Waals surface area contributed by atoms with Crippen LogP contribution in [0.5, 0.6) is 0 Å². The van der Waals surface area contributed by atoms with Gasteiger partial charge in [-0.3, -0.25) is 4.79 Å². The Balaban J connectivity index is 2.15. The lowest BCUT2D eigenvalue weighted by molar-refractivity contribution is -0.115. The van der Waals surface area contributed by atoms with Crippen LogP contribution in [-0.4, -0.2) is 5.91 Å². The summed E-state index contributed by atoms with van der Waals surface area (Å²) in [6.45, 7) is 1.89. The minimum absolute atomic E-state index is 0.0997. The summed E-state index contributed by atoms with van der Waals surface area (Å²) in [5.41, 5.74) is 1.83. The zero-order valence-corrected chi connectivity index (χ0v) is 13.1. The fraction of sp³-hybridized carbons (Fsp3) is 0.133. The number of hydrogen-bond donors (Lipinski definition) is 1. The maximum Gasteiger partial charge on any atom is 0.228 e. The van der Waals surface area contributed by atoms with Gasteiger partial charge in [-0.1, -0.05) is 39.7 Å². The molecule has 0 aliphatic heterocycles. The first-order valence-electron chi connectivity index (χ1n) is 5.96. The number of carbonyl (C=O) groups excluding carboxylic acids is 1. The minimum Gasteiger partial charge on any atom is -0.326 e. The lowest BCUT2D eigenvalue weighted by Crippen LogP contribution is -2.16. The first-order chi connectivity index (χ1) is 9.47. The Bertz CT molecular complexity index is 640. The summed E-state index contributed by atoms with van der Waals surface area (Å²) in [7, 11) is 0. The van der Waals surface area contributed by atoms with Gasteiger partial charge in [0.2, 0.25) is 5.91 Å². The molecule has 0 fully saturated rings. The van der Waals surface area contributed by atoms with Gasteiger partial charge in [-0.25, -0.2) is 4.39 Å². The Morgan fingerprint density at radius 3 is 2.80 bits per heavy atom. The standard InChI is InChI=1S/C15H12BrClFNO/c1-9-5-6-10(16)7-14(9)19-15(20)8-11-12(17)3-2-4-13(11)18/h2-7H,8H2,1H3,(H,19,20). The SMILES string of the molecule is Cc1ccc(Br)cc1NC(=O)Cc1c(F)cccc1Cl. The predicted octanol–water partition coefficient (Wildman–Crippen LogP) is 4.73. The van der Waals surface area contributed by atoms with Gasteiger partial charge in [0.1, 0.15) is 5.82 Å². The molecule has 2 aromatic rings. The van der Waals surface area contributed by atoms with Gasteiger partial charge in [-0.05, 0) is 36.8 Å². The van der Waals surface area contributed by atoms with Crippen LogP contribution in [-0.2, 0) is 11.2 Å². The fourth-order valence-electron chi connectivity index (χ4n) is 1.79. The molecule has 1 amide bonds. The molecule has 0 atom stereocenters. The Morgan fingerprint density at radius 1 is 1.35 bits per heavy atom. The van der Waals surface area contributed by atoms with Crippen molar-refractivity contribution in [2.75, 3.05) is 5.32 Å². The van der Waals surface area contributed by atoms with Gasteiger partial charge >= 0.3 is 0 Å². The zero-order valence-electron chi connectivity index (χ0n) is 10.7. The number of rotatable bonds is 3. The summed E-state index contributed by atoms with van der Waals surface area (Å²) in [6, 6.07) is 9.94. The third-order valence-electron chi connectivity index (χ3n) is 2.87. The van der Waals surface area contributed by atoms with Crippen molar-refractivity contribution < 1.29 is 9.18 Å². The predicted molar refractivity (Wildman–Crippen MR) is 82.6 cm³/mol. The van der Waals surface area contributed by atoms with Gasteiger partial charge in [0.25, 0.3) is 0 Å². The van der Waals surface area contributed by atoms with Crippen molar-refractivity contribution in [1.82, 2.24) is 0 Å². The van der Waals surface area contributed by atoms with E-state index in [0.717, 1.165) is 10.0 Å². The molecule has 0 spiro atoms. The lowest BCUT2D eigenvalue weighted by atomic mass is 10.1. The molecule has 2 aromatic carbocycles. The average Bonchev–Trinajstić information content (AvgIpc) is 2.38. The van der Waals surface area contributed by atoms with Crippen LogP contribution < -0.4 is 5.32 Å². The van der Waals surface area contributed by atoms with Crippen LogP contribution >= 0.6 is 27.5 Å². The quantitative estimate of drug-likeness (QED) is 0.846. The Hall–Kier alpha value is -1.39. The molecule has 0 bridgehead atoms. The van der Waals surface area contributed by atoms with E-state index in [2.05, 4.69) is 21.2 Å². The van der Waals surface area contributed by atoms with Crippen molar-refractivity contribution in [3.05, 3.63) is 62.8 Å². The molecule has 0 saturated heterocycles. The van der Waals surface area contributed by atoms with Gasteiger partial charge in [-0.15, -0.1) is 0 Å². The highest BCUT2D eigenvalue weighted by molar-refractivity contribution is 9.10. The van der Waals surface area contributed by atoms with Crippen molar-refractivity contribution in [3.8, 4) is 0 Å². The van der Waals surface area contributed by atoms with E-state index in [4.69, 9.17) is 11.6 Å². The minimum atomic E-state index is -0.474. The average molecular weight is 357 g/mol. The first-order valence-corrected chi connectivity index (χ1v) is 7.13. The van der Waals surface area contributed by atoms with E-state index in [1.165, 1.54) is 12.1 Å². The molecule has 2 rings (SSSR count). The van der Waals surface area contributed by atoms with Gasteiger partial charge in [0.05, 0.1) is 6.42 Å². The molecule has 0 aliphatic rings. The largest absolute Gasteiger partial charge is 0.326 e. The number of carbonyl (C=O) groups is 1. The van der Waals surface area contributed by atoms with Crippen molar-refractivity contribution in [1.29, 1.82) is 0 Å². The topological polar surface area (TPSA) is 29.1 Å². The van der Waals surface area contributed by atoms with Crippen LogP contribution in [0.2, 0.25) is 5.02 Å². The molecule has 0 unspecified atom stereocenters. The highest BCUT2D eigenvalue weighted by Gasteiger charge is 2.12. The number of amides is 1. The smallest absolute Gasteiger partial charge is 0.228 e. The maximum absolute atomic E-state index is 13.6. The van der Waals surface area contributed by atoms with E-state index in [0.29, 0.717) is 5.69 Å². The van der Waals surface area contributed by atoms with Gasteiger partial charge < -0.3 is 5.32 Å². The van der Waals surface area contributed by atoms with Crippen LogP contribution in [0.15, 0.2) is 40.9 Å². The molecular formula is C15H12BrClFNO. The number of aryl methyl sites for hydroxylation is 1. The molecule has 5 heteroatoms. The second kappa shape index (κ2) is 6.37. The van der Waals surface area contributed by atoms with Crippen LogP contribution in [0.1, 0.15) is 11.1 Å². The molecule has 1 N–H and O–H groups in total. The van der Waals surface area contributed by atoms with Crippen LogP contribution in [0, 0.1) is 12.7 Å². The Labute approximate surface area is 130 Å². The van der Waals surface area contributed by atoms with Crippen LogP contribution in [0.4, 0.5) is 10.1 Å². The molecule has 0 heterocycles. The van der Waals surface area contributed by atoms with E-state index in [9.17, 15) is 9.18 Å². The summed E-state index contributed by atoms with van der Waals surface area (Å²) in [4.78, 5) is 12.0. The van der Waals surface area contributed by atoms with Crippen molar-refractivity contribution in [3.63, 3.8) is 0 Å². The molecule has 0 aromatic heterocycles. The number of nitrogens with one attached hydrogen (secondary N) is 1. The Kier molecular flexibility index (Phi) is 4.78. The highest BCUT2D eigenvalue weighted by Crippen LogP contribution is 2.23. The molecular weight excluding hydrogens is 345 g/mol. The fourth-order valence-corrected chi connectivity index (χ4v) is 2.38. The molecule has 20 heavy (non-hydrogen) atoms. The third kappa shape index (κ3) is 3.58. The summed E-state index contributed by atoms with van der Waals surface area (Å²) in [5, 5.41) is 3.02. The second-order valence-electron chi connectivity index (χ2n) is 4.38. The van der Waals surface area contributed by atoms with E-state index in [1.807, 2.05) is 19.1 Å². The summed E-state index contributed by atoms with van der Waals surface area (Å²) in [6.07, 6.45) is -0.0997. The first kappa shape index (κ1) is 15.0. The van der Waals surface area contributed by atoms with Crippen LogP contribution in [0.3, 0.4) is 0 Å². The second-order valence-corrected chi connectivity index (χ2v) is 5.71. The van der Waals surface area contributed by atoms with Crippen molar-refractivity contribution in [2.45, 2.75) is 13.3 Å². The molecule has 0 radical (unpaired) electrons. The van der Waals surface area contributed by atoms with Crippen molar-refractivity contribution >= 4 is 39.1 Å². The van der Waals surface area contributed by atoms with Gasteiger partial charge in [0.15, 0.2) is 0 Å². The number of halogens is 3. The lowest BCUT2D eigenvalue weighted by Gasteiger charge is -2.10. The number of benzene rings is 2. The molecule has 104 valence electrons. The summed E-state index contributed by atoms with van der Waals surface area (Å²) in [5.74, 6) is -0.781. The molecule has 0 aliphatic carbocycles. The van der Waals surface area contributed by atoms with E-state index in [-0.39, 0.29) is 22.9 Å². The number of anilines is 1. The molecule has 0 saturated carbocycles. The Morgan fingerprint density at radius 2 is 2.10 bits per heavy atom. The third-order valence-corrected chi connectivity index (χ3v) is 3.72. The van der Waals surface area contributed by atoms with E-state index < -0.39 is 5.82 Å². The van der Waals surface area contributed by atoms with E-state index in [1.54, 1.807) is 12.1 Å². The molecule has 2 nitrogen and oxygen atoms in total. The monoisotopic (exact) mass is 355 g/mol. The van der Waals surface area contributed by atoms with Gasteiger partial charge in [0, 0.05) is 20.7 Å². The van der Waals surface area contributed by atoms with Crippen LogP contribution in [0.25, 0.3) is 0 Å². The maximum atomic E-state index is 13.6. The zero-order chi connectivity index (χ0) is 14.7. The highest BCUT2D eigenvalue weighted by atomic mass is 79.9. The summed E-state index contributed by atoms with van der Waals surface area (Å²) < 4.78 is 14.5. The number of hydrogen-bond acceptors (Lipinski definition) is 1. The van der Waals surface area contributed by atoms with Crippen molar-refractivity contribution in [2.24, 2.45) is 0 Å².